The Morgan fingerprint density at radius 3 is 2.05 bits per heavy atom. The molecule has 5 nitrogen and oxygen atoms in total. The van der Waals surface area contributed by atoms with Gasteiger partial charge in [-0.2, -0.15) is 31.6 Å². The molecule has 0 amide bonds. The third kappa shape index (κ3) is 5.16. The van der Waals surface area contributed by atoms with Gasteiger partial charge in [-0.15, -0.1) is 0 Å². The monoisotopic (exact) mass is 559 g/mol. The number of hydrogen-bond donors (Lipinski definition) is 1. The number of nitriles is 1. The minimum absolute atomic E-state index is 0.00267. The molecule has 0 unspecified atom stereocenters. The standard InChI is InChI=1S/C28H20F7N5/c29-22-13-16(4-5-17(22)14-36)25-19-12-15(24-20(27(30,31)32)2-1-3-21(24)28(33,34)35)6-7-23(19)38-26(39-25)40-10-8-18(37)9-11-40/h1-7,12-13,18H,8-11,37H2. The van der Waals surface area contributed by atoms with E-state index in [1.165, 1.54) is 18.2 Å². The van der Waals surface area contributed by atoms with Crippen molar-refractivity contribution in [3.8, 4) is 28.5 Å². The minimum atomic E-state index is -5.07. The number of nitrogens with zero attached hydrogens (tertiary/aromatic N) is 4. The maximum atomic E-state index is 14.6. The molecule has 1 saturated heterocycles. The predicted molar refractivity (Wildman–Crippen MR) is 135 cm³/mol. The third-order valence-electron chi connectivity index (χ3n) is 6.83. The number of alkyl halides is 6. The van der Waals surface area contributed by atoms with Crippen molar-refractivity contribution in [1.82, 2.24) is 9.97 Å². The van der Waals surface area contributed by atoms with Gasteiger partial charge in [-0.1, -0.05) is 18.2 Å². The molecule has 40 heavy (non-hydrogen) atoms. The smallest absolute Gasteiger partial charge is 0.341 e. The molecular weight excluding hydrogens is 539 g/mol. The number of rotatable bonds is 3. The van der Waals surface area contributed by atoms with Crippen molar-refractivity contribution in [3.63, 3.8) is 0 Å². The van der Waals surface area contributed by atoms with Crippen LogP contribution in [0.3, 0.4) is 0 Å². The van der Waals surface area contributed by atoms with Gasteiger partial charge < -0.3 is 10.6 Å². The molecule has 1 aliphatic rings. The molecule has 0 spiro atoms. The molecule has 2 N–H and O–H groups in total. The fourth-order valence-corrected chi connectivity index (χ4v) is 4.82. The second kappa shape index (κ2) is 10.1. The first kappa shape index (κ1) is 27.3. The van der Waals surface area contributed by atoms with Crippen molar-refractivity contribution in [2.75, 3.05) is 18.0 Å². The summed E-state index contributed by atoms with van der Waals surface area (Å²) >= 11 is 0. The van der Waals surface area contributed by atoms with E-state index in [1.54, 1.807) is 6.07 Å². The average Bonchev–Trinajstić information content (AvgIpc) is 2.91. The Morgan fingerprint density at radius 2 is 1.48 bits per heavy atom. The van der Waals surface area contributed by atoms with Crippen LogP contribution in [0.4, 0.5) is 36.7 Å². The summed E-state index contributed by atoms with van der Waals surface area (Å²) in [7, 11) is 0. The van der Waals surface area contributed by atoms with Crippen LogP contribution in [0.25, 0.3) is 33.3 Å². The molecule has 5 rings (SSSR count). The van der Waals surface area contributed by atoms with Crippen molar-refractivity contribution in [2.24, 2.45) is 5.73 Å². The van der Waals surface area contributed by atoms with Gasteiger partial charge in [-0.3, -0.25) is 0 Å². The highest BCUT2D eigenvalue weighted by atomic mass is 19.4. The van der Waals surface area contributed by atoms with Gasteiger partial charge in [0.1, 0.15) is 11.9 Å². The zero-order valence-electron chi connectivity index (χ0n) is 20.6. The zero-order valence-corrected chi connectivity index (χ0v) is 20.6. The lowest BCUT2D eigenvalue weighted by molar-refractivity contribution is -0.142. The number of fused-ring (bicyclic) bond motifs is 1. The van der Waals surface area contributed by atoms with E-state index < -0.39 is 34.9 Å². The van der Waals surface area contributed by atoms with E-state index in [4.69, 9.17) is 11.0 Å². The van der Waals surface area contributed by atoms with Gasteiger partial charge in [0, 0.05) is 35.6 Å². The quantitative estimate of drug-likeness (QED) is 0.275. The maximum absolute atomic E-state index is 14.6. The average molecular weight is 559 g/mol. The molecule has 206 valence electrons. The molecule has 0 atom stereocenters. The molecule has 0 aliphatic carbocycles. The molecule has 1 aliphatic heterocycles. The van der Waals surface area contributed by atoms with E-state index in [-0.39, 0.29) is 45.3 Å². The molecule has 1 fully saturated rings. The summed E-state index contributed by atoms with van der Waals surface area (Å²) in [5.41, 5.74) is 1.98. The number of aromatic nitrogens is 2. The molecular formula is C28H20F7N5. The fraction of sp³-hybridized carbons (Fsp3) is 0.250. The summed E-state index contributed by atoms with van der Waals surface area (Å²) in [6, 6.07) is 10.9. The van der Waals surface area contributed by atoms with E-state index in [1.807, 2.05) is 4.90 Å². The number of benzene rings is 3. The first-order valence-corrected chi connectivity index (χ1v) is 12.2. The summed E-state index contributed by atoms with van der Waals surface area (Å²) in [4.78, 5) is 11.0. The highest BCUT2D eigenvalue weighted by molar-refractivity contribution is 5.96. The minimum Gasteiger partial charge on any atom is -0.341 e. The maximum Gasteiger partial charge on any atom is 0.417 e. The molecule has 4 aromatic rings. The van der Waals surface area contributed by atoms with Gasteiger partial charge in [0.25, 0.3) is 0 Å². The van der Waals surface area contributed by atoms with Gasteiger partial charge in [-0.25, -0.2) is 14.4 Å². The molecule has 0 radical (unpaired) electrons. The molecule has 1 aromatic heterocycles. The van der Waals surface area contributed by atoms with Crippen molar-refractivity contribution in [1.29, 1.82) is 5.26 Å². The predicted octanol–water partition coefficient (Wildman–Crippen LogP) is 6.94. The van der Waals surface area contributed by atoms with Crippen LogP contribution in [0.5, 0.6) is 0 Å². The van der Waals surface area contributed by atoms with E-state index in [0.717, 1.165) is 18.2 Å². The second-order valence-electron chi connectivity index (χ2n) is 9.46. The van der Waals surface area contributed by atoms with Crippen molar-refractivity contribution < 1.29 is 30.7 Å². The number of hydrogen-bond acceptors (Lipinski definition) is 5. The Bertz CT molecular complexity index is 1600. The second-order valence-corrected chi connectivity index (χ2v) is 9.46. The van der Waals surface area contributed by atoms with Crippen LogP contribution in [0.1, 0.15) is 29.5 Å². The summed E-state index contributed by atoms with van der Waals surface area (Å²) in [6.45, 7) is 1.06. The molecule has 0 bridgehead atoms. The Morgan fingerprint density at radius 1 is 0.850 bits per heavy atom. The van der Waals surface area contributed by atoms with Gasteiger partial charge in [0.2, 0.25) is 5.95 Å². The van der Waals surface area contributed by atoms with Crippen molar-refractivity contribution in [3.05, 3.63) is 77.1 Å². The fourth-order valence-electron chi connectivity index (χ4n) is 4.82. The largest absolute Gasteiger partial charge is 0.417 e. The Labute approximate surface area is 223 Å². The van der Waals surface area contributed by atoms with Crippen LogP contribution in [-0.4, -0.2) is 29.1 Å². The van der Waals surface area contributed by atoms with Crippen LogP contribution in [0.2, 0.25) is 0 Å². The lowest BCUT2D eigenvalue weighted by Crippen LogP contribution is -2.40. The van der Waals surface area contributed by atoms with Crippen LogP contribution < -0.4 is 10.6 Å². The first-order chi connectivity index (χ1) is 18.9. The van der Waals surface area contributed by atoms with Gasteiger partial charge >= 0.3 is 12.4 Å². The van der Waals surface area contributed by atoms with Gasteiger partial charge in [0.15, 0.2) is 0 Å². The number of halogens is 7. The Hall–Kier alpha value is -4.24. The summed E-state index contributed by atoms with van der Waals surface area (Å²) < 4.78 is 97.9. The summed E-state index contributed by atoms with van der Waals surface area (Å²) in [6.07, 6.45) is -8.81. The lowest BCUT2D eigenvalue weighted by Gasteiger charge is -2.30. The summed E-state index contributed by atoms with van der Waals surface area (Å²) in [5, 5.41) is 9.23. The van der Waals surface area contributed by atoms with Gasteiger partial charge in [0.05, 0.1) is 27.9 Å². The normalized spacial score (nSPS) is 14.9. The van der Waals surface area contributed by atoms with E-state index in [2.05, 4.69) is 9.97 Å². The number of anilines is 1. The molecule has 0 saturated carbocycles. The Kier molecular flexibility index (Phi) is 6.87. The zero-order chi connectivity index (χ0) is 28.8. The van der Waals surface area contributed by atoms with Crippen LogP contribution in [0.15, 0.2) is 54.6 Å². The molecule has 3 aromatic carbocycles. The molecule has 12 heteroatoms. The topological polar surface area (TPSA) is 78.8 Å². The molecule has 2 heterocycles. The van der Waals surface area contributed by atoms with Crippen LogP contribution >= 0.6 is 0 Å². The van der Waals surface area contributed by atoms with Crippen LogP contribution in [0, 0.1) is 17.1 Å². The number of piperidine rings is 1. The summed E-state index contributed by atoms with van der Waals surface area (Å²) in [5.74, 6) is -0.589. The van der Waals surface area contributed by atoms with Crippen molar-refractivity contribution in [2.45, 2.75) is 31.2 Å². The van der Waals surface area contributed by atoms with E-state index in [9.17, 15) is 30.7 Å². The third-order valence-corrected chi connectivity index (χ3v) is 6.83. The highest BCUT2D eigenvalue weighted by Crippen LogP contribution is 2.45. The first-order valence-electron chi connectivity index (χ1n) is 12.2. The number of nitrogens with two attached hydrogens (primary N) is 1. The lowest BCUT2D eigenvalue weighted by atomic mass is 9.92. The van der Waals surface area contributed by atoms with E-state index in [0.29, 0.717) is 44.1 Å². The SMILES string of the molecule is N#Cc1ccc(-c2nc(N3CCC(N)CC3)nc3ccc(-c4c(C(F)(F)F)cccc4C(F)(F)F)cc23)cc1F. The van der Waals surface area contributed by atoms with E-state index >= 15 is 0 Å². The van der Waals surface area contributed by atoms with Crippen LogP contribution in [-0.2, 0) is 12.4 Å². The highest BCUT2D eigenvalue weighted by Gasteiger charge is 2.41. The van der Waals surface area contributed by atoms with Gasteiger partial charge in [-0.05, 0) is 54.8 Å². The Balaban J connectivity index is 1.78. The van der Waals surface area contributed by atoms with Crippen molar-refractivity contribution >= 4 is 16.9 Å².